The molecule has 1 aromatic carbocycles. The molecule has 1 saturated carbocycles. The van der Waals surface area contributed by atoms with Gasteiger partial charge in [0.25, 0.3) is 5.69 Å². The molecule has 0 saturated heterocycles. The number of nitro benzene ring substituents is 1. The summed E-state index contributed by atoms with van der Waals surface area (Å²) in [6, 6.07) is 6.38. The minimum Gasteiger partial charge on any atom is -0.490 e. The molecule has 4 nitrogen and oxygen atoms in total. The third-order valence-electron chi connectivity index (χ3n) is 2.63. The second kappa shape index (κ2) is 4.29. The Morgan fingerprint density at radius 3 is 2.73 bits per heavy atom. The molecule has 0 unspecified atom stereocenters. The molecular formula is C11H13NO3. The van der Waals surface area contributed by atoms with Crippen LogP contribution >= 0.6 is 0 Å². The van der Waals surface area contributed by atoms with Crippen molar-refractivity contribution in [3.05, 3.63) is 34.4 Å². The van der Waals surface area contributed by atoms with Gasteiger partial charge in [0.1, 0.15) is 5.75 Å². The molecule has 1 aliphatic rings. The van der Waals surface area contributed by atoms with E-state index in [-0.39, 0.29) is 11.8 Å². The van der Waals surface area contributed by atoms with Gasteiger partial charge in [-0.15, -0.1) is 0 Å². The molecule has 0 amide bonds. The van der Waals surface area contributed by atoms with Crippen LogP contribution in [0.25, 0.3) is 0 Å². The van der Waals surface area contributed by atoms with E-state index in [2.05, 4.69) is 0 Å². The molecule has 80 valence electrons. The molecule has 0 atom stereocenters. The van der Waals surface area contributed by atoms with Crippen LogP contribution in [0.2, 0.25) is 0 Å². The van der Waals surface area contributed by atoms with E-state index >= 15 is 0 Å². The number of nitro groups is 1. The second-order valence-corrected chi connectivity index (χ2v) is 3.78. The highest BCUT2D eigenvalue weighted by Gasteiger charge is 2.17. The molecule has 0 heterocycles. The van der Waals surface area contributed by atoms with Gasteiger partial charge in [-0.3, -0.25) is 10.1 Å². The highest BCUT2D eigenvalue weighted by molar-refractivity contribution is 5.38. The number of benzene rings is 1. The summed E-state index contributed by atoms with van der Waals surface area (Å²) in [6.07, 6.45) is 4.75. The van der Waals surface area contributed by atoms with E-state index in [1.54, 1.807) is 12.1 Å². The number of hydrogen-bond acceptors (Lipinski definition) is 3. The van der Waals surface area contributed by atoms with Crippen LogP contribution in [0.5, 0.6) is 5.75 Å². The summed E-state index contributed by atoms with van der Waals surface area (Å²) in [4.78, 5) is 10.1. The van der Waals surface area contributed by atoms with Crippen LogP contribution in [0.15, 0.2) is 24.3 Å². The lowest BCUT2D eigenvalue weighted by atomic mass is 10.3. The Morgan fingerprint density at radius 1 is 1.33 bits per heavy atom. The van der Waals surface area contributed by atoms with E-state index < -0.39 is 4.92 Å². The molecule has 1 aromatic rings. The van der Waals surface area contributed by atoms with Crippen molar-refractivity contribution in [2.45, 2.75) is 31.8 Å². The van der Waals surface area contributed by atoms with Crippen LogP contribution in [0.4, 0.5) is 5.69 Å². The van der Waals surface area contributed by atoms with Gasteiger partial charge in [-0.25, -0.2) is 0 Å². The quantitative estimate of drug-likeness (QED) is 0.565. The van der Waals surface area contributed by atoms with E-state index in [0.29, 0.717) is 5.75 Å². The zero-order valence-electron chi connectivity index (χ0n) is 8.39. The number of rotatable bonds is 3. The number of ether oxygens (including phenoxy) is 1. The maximum absolute atomic E-state index is 10.5. The van der Waals surface area contributed by atoms with Gasteiger partial charge in [0, 0.05) is 6.07 Å². The zero-order valence-corrected chi connectivity index (χ0v) is 8.39. The molecular weight excluding hydrogens is 194 g/mol. The Kier molecular flexibility index (Phi) is 2.85. The predicted octanol–water partition coefficient (Wildman–Crippen LogP) is 2.92. The van der Waals surface area contributed by atoms with Crippen LogP contribution in [0, 0.1) is 10.1 Å². The topological polar surface area (TPSA) is 52.4 Å². The van der Waals surface area contributed by atoms with Crippen LogP contribution in [-0.4, -0.2) is 11.0 Å². The standard InChI is InChI=1S/C11H13NO3/c13-12(14)9-4-3-7-11(8-9)15-10-5-1-2-6-10/h3-4,7-8,10H,1-2,5-6H2. The fraction of sp³-hybridized carbons (Fsp3) is 0.455. The molecule has 0 bridgehead atoms. The molecule has 0 radical (unpaired) electrons. The summed E-state index contributed by atoms with van der Waals surface area (Å²) in [5.74, 6) is 0.608. The highest BCUT2D eigenvalue weighted by Crippen LogP contribution is 2.26. The van der Waals surface area contributed by atoms with Crippen LogP contribution < -0.4 is 4.74 Å². The molecule has 4 heteroatoms. The summed E-state index contributed by atoms with van der Waals surface area (Å²) >= 11 is 0. The number of hydrogen-bond donors (Lipinski definition) is 0. The Labute approximate surface area is 88.0 Å². The lowest BCUT2D eigenvalue weighted by molar-refractivity contribution is -0.384. The minimum absolute atomic E-state index is 0.0884. The average molecular weight is 207 g/mol. The van der Waals surface area contributed by atoms with Crippen molar-refractivity contribution < 1.29 is 9.66 Å². The Hall–Kier alpha value is -1.58. The molecule has 2 rings (SSSR count). The van der Waals surface area contributed by atoms with E-state index in [9.17, 15) is 10.1 Å². The molecule has 1 aliphatic carbocycles. The summed E-state index contributed by atoms with van der Waals surface area (Å²) in [7, 11) is 0. The highest BCUT2D eigenvalue weighted by atomic mass is 16.6. The third kappa shape index (κ3) is 2.46. The van der Waals surface area contributed by atoms with Crippen molar-refractivity contribution in [1.82, 2.24) is 0 Å². The van der Waals surface area contributed by atoms with Crippen LogP contribution in [0.1, 0.15) is 25.7 Å². The Morgan fingerprint density at radius 2 is 2.07 bits per heavy atom. The molecule has 15 heavy (non-hydrogen) atoms. The van der Waals surface area contributed by atoms with Gasteiger partial charge in [0.15, 0.2) is 0 Å². The summed E-state index contributed by atoms with van der Waals surface area (Å²) < 4.78 is 5.66. The fourth-order valence-electron chi connectivity index (χ4n) is 1.87. The maximum atomic E-state index is 10.5. The van der Waals surface area contributed by atoms with Gasteiger partial charge in [0.05, 0.1) is 17.1 Å². The SMILES string of the molecule is O=[N+]([O-])c1cccc(OC2CCCC2)c1. The first-order valence-electron chi connectivity index (χ1n) is 5.17. The molecule has 0 aromatic heterocycles. The van der Waals surface area contributed by atoms with Crippen molar-refractivity contribution in [2.24, 2.45) is 0 Å². The van der Waals surface area contributed by atoms with Crippen molar-refractivity contribution in [1.29, 1.82) is 0 Å². The lowest BCUT2D eigenvalue weighted by Gasteiger charge is -2.12. The van der Waals surface area contributed by atoms with Crippen molar-refractivity contribution >= 4 is 5.69 Å². The zero-order chi connectivity index (χ0) is 10.7. The Bertz CT molecular complexity index is 359. The van der Waals surface area contributed by atoms with E-state index in [1.807, 2.05) is 0 Å². The molecule has 0 aliphatic heterocycles. The number of nitrogens with zero attached hydrogens (tertiary/aromatic N) is 1. The summed E-state index contributed by atoms with van der Waals surface area (Å²) in [5.41, 5.74) is 0.0884. The Balaban J connectivity index is 2.07. The van der Waals surface area contributed by atoms with Gasteiger partial charge in [-0.05, 0) is 31.7 Å². The van der Waals surface area contributed by atoms with E-state index in [1.165, 1.54) is 25.0 Å². The minimum atomic E-state index is -0.401. The fourth-order valence-corrected chi connectivity index (χ4v) is 1.87. The van der Waals surface area contributed by atoms with Crippen LogP contribution in [-0.2, 0) is 0 Å². The smallest absolute Gasteiger partial charge is 0.273 e. The van der Waals surface area contributed by atoms with Gasteiger partial charge in [-0.1, -0.05) is 6.07 Å². The first-order chi connectivity index (χ1) is 7.25. The van der Waals surface area contributed by atoms with Gasteiger partial charge in [-0.2, -0.15) is 0 Å². The normalized spacial score (nSPS) is 16.5. The van der Waals surface area contributed by atoms with Crippen molar-refractivity contribution in [3.63, 3.8) is 0 Å². The van der Waals surface area contributed by atoms with Crippen molar-refractivity contribution in [2.75, 3.05) is 0 Å². The molecule has 0 spiro atoms. The first kappa shape index (κ1) is 9.96. The second-order valence-electron chi connectivity index (χ2n) is 3.78. The van der Waals surface area contributed by atoms with E-state index in [4.69, 9.17) is 4.74 Å². The van der Waals surface area contributed by atoms with E-state index in [0.717, 1.165) is 12.8 Å². The largest absolute Gasteiger partial charge is 0.490 e. The average Bonchev–Trinajstić information content (AvgIpc) is 2.71. The van der Waals surface area contributed by atoms with Gasteiger partial charge in [0.2, 0.25) is 0 Å². The van der Waals surface area contributed by atoms with Crippen molar-refractivity contribution in [3.8, 4) is 5.75 Å². The van der Waals surface area contributed by atoms with Gasteiger partial charge < -0.3 is 4.74 Å². The summed E-state index contributed by atoms with van der Waals surface area (Å²) in [5, 5.41) is 10.5. The van der Waals surface area contributed by atoms with Crippen LogP contribution in [0.3, 0.4) is 0 Å². The third-order valence-corrected chi connectivity index (χ3v) is 2.63. The number of non-ortho nitro benzene ring substituents is 1. The van der Waals surface area contributed by atoms with Gasteiger partial charge >= 0.3 is 0 Å². The summed E-state index contributed by atoms with van der Waals surface area (Å²) in [6.45, 7) is 0. The molecule has 1 fully saturated rings. The lowest BCUT2D eigenvalue weighted by Crippen LogP contribution is -2.10. The maximum Gasteiger partial charge on any atom is 0.273 e. The predicted molar refractivity (Wildman–Crippen MR) is 56.0 cm³/mol. The monoisotopic (exact) mass is 207 g/mol. The first-order valence-corrected chi connectivity index (χ1v) is 5.17. The molecule has 0 N–H and O–H groups in total.